The van der Waals surface area contributed by atoms with Crippen molar-refractivity contribution in [3.05, 3.63) is 41.5 Å². The highest BCUT2D eigenvalue weighted by molar-refractivity contribution is 6.04. The Hall–Kier alpha value is -2.83. The Morgan fingerprint density at radius 2 is 2.12 bits per heavy atom. The van der Waals surface area contributed by atoms with E-state index in [1.807, 2.05) is 31.4 Å². The van der Waals surface area contributed by atoms with E-state index < -0.39 is 11.6 Å². The van der Waals surface area contributed by atoms with E-state index in [-0.39, 0.29) is 17.6 Å². The molecule has 1 fully saturated rings. The second-order valence-electron chi connectivity index (χ2n) is 7.75. The van der Waals surface area contributed by atoms with Crippen LogP contribution in [0.3, 0.4) is 0 Å². The van der Waals surface area contributed by atoms with E-state index in [4.69, 9.17) is 10.5 Å². The number of carbonyl (C=O) groups excluding carboxylic acids is 2. The summed E-state index contributed by atoms with van der Waals surface area (Å²) in [5.74, 6) is -0.572. The monoisotopic (exact) mass is 354 g/mol. The van der Waals surface area contributed by atoms with E-state index in [1.165, 1.54) is 0 Å². The molecule has 0 unspecified atom stereocenters. The van der Waals surface area contributed by atoms with Crippen molar-refractivity contribution in [2.75, 3.05) is 12.3 Å². The van der Waals surface area contributed by atoms with Crippen LogP contribution >= 0.6 is 0 Å². The minimum atomic E-state index is -0.619. The molecule has 2 N–H and O–H groups in total. The van der Waals surface area contributed by atoms with E-state index in [0.717, 1.165) is 12.8 Å². The maximum atomic E-state index is 13.1. The van der Waals surface area contributed by atoms with Gasteiger partial charge in [-0.3, -0.25) is 9.36 Å². The summed E-state index contributed by atoms with van der Waals surface area (Å²) >= 11 is 0. The summed E-state index contributed by atoms with van der Waals surface area (Å²) < 4.78 is 7.35. The van der Waals surface area contributed by atoms with Crippen LogP contribution in [0, 0.1) is 0 Å². The van der Waals surface area contributed by atoms with Crippen LogP contribution in [0.1, 0.15) is 66.2 Å². The lowest BCUT2D eigenvalue weighted by atomic mass is 10.1. The summed E-state index contributed by atoms with van der Waals surface area (Å²) in [6.45, 7) is 6.10. The van der Waals surface area contributed by atoms with Gasteiger partial charge in [0.05, 0.1) is 23.0 Å². The first-order chi connectivity index (χ1) is 12.3. The maximum Gasteiger partial charge on any atom is 0.359 e. The van der Waals surface area contributed by atoms with E-state index >= 15 is 0 Å². The molecule has 0 radical (unpaired) electrons. The maximum absolute atomic E-state index is 13.1. The summed E-state index contributed by atoms with van der Waals surface area (Å²) in [4.78, 5) is 32.0. The van der Waals surface area contributed by atoms with Gasteiger partial charge in [-0.2, -0.15) is 0 Å². The number of amides is 1. The average Bonchev–Trinajstić information content (AvgIpc) is 3.17. The topological polar surface area (TPSA) is 90.5 Å². The van der Waals surface area contributed by atoms with Crippen molar-refractivity contribution in [1.82, 2.24) is 14.5 Å². The molecule has 136 valence electrons. The number of imidazole rings is 1. The van der Waals surface area contributed by atoms with Crippen LogP contribution in [0.4, 0.5) is 5.69 Å². The zero-order chi connectivity index (χ0) is 18.6. The molecule has 2 aliphatic heterocycles. The molecular weight excluding hydrogens is 332 g/mol. The molecule has 1 aromatic heterocycles. The third kappa shape index (κ3) is 2.46. The van der Waals surface area contributed by atoms with Crippen LogP contribution in [0.5, 0.6) is 0 Å². The number of nitrogens with two attached hydrogens (primary N) is 1. The van der Waals surface area contributed by atoms with Crippen molar-refractivity contribution >= 4 is 17.6 Å². The molecule has 1 amide bonds. The zero-order valence-corrected chi connectivity index (χ0v) is 15.2. The first kappa shape index (κ1) is 16.6. The summed E-state index contributed by atoms with van der Waals surface area (Å²) in [6.07, 6.45) is 3.24. The molecule has 1 atom stereocenters. The van der Waals surface area contributed by atoms with E-state index in [1.54, 1.807) is 23.4 Å². The van der Waals surface area contributed by atoms with Gasteiger partial charge in [0.2, 0.25) is 0 Å². The van der Waals surface area contributed by atoms with Gasteiger partial charge < -0.3 is 15.4 Å². The second kappa shape index (κ2) is 5.59. The van der Waals surface area contributed by atoms with Crippen molar-refractivity contribution in [1.29, 1.82) is 0 Å². The number of hydrogen-bond acceptors (Lipinski definition) is 5. The fourth-order valence-corrected chi connectivity index (χ4v) is 3.78. The number of nitrogen functional groups attached to an aromatic ring is 1. The van der Waals surface area contributed by atoms with Crippen molar-refractivity contribution in [3.8, 4) is 5.69 Å². The van der Waals surface area contributed by atoms with Crippen LogP contribution in [0.2, 0.25) is 0 Å². The fourth-order valence-electron chi connectivity index (χ4n) is 3.78. The van der Waals surface area contributed by atoms with Crippen LogP contribution in [0.25, 0.3) is 5.69 Å². The molecule has 1 saturated heterocycles. The summed E-state index contributed by atoms with van der Waals surface area (Å²) in [5, 5.41) is 0. The lowest BCUT2D eigenvalue weighted by Crippen LogP contribution is -2.31. The average molecular weight is 354 g/mol. The Morgan fingerprint density at radius 3 is 2.85 bits per heavy atom. The van der Waals surface area contributed by atoms with Gasteiger partial charge in [-0.15, -0.1) is 0 Å². The fraction of sp³-hybridized carbons (Fsp3) is 0.421. The molecule has 26 heavy (non-hydrogen) atoms. The Bertz CT molecular complexity index is 910. The molecule has 0 bridgehead atoms. The zero-order valence-electron chi connectivity index (χ0n) is 15.2. The predicted octanol–water partition coefficient (Wildman–Crippen LogP) is 2.70. The molecular formula is C19H22N4O3. The largest absolute Gasteiger partial charge is 0.455 e. The minimum Gasteiger partial charge on any atom is -0.455 e. The number of hydrogen-bond donors (Lipinski definition) is 1. The molecule has 7 nitrogen and oxygen atoms in total. The van der Waals surface area contributed by atoms with Gasteiger partial charge in [-0.05, 0) is 45.7 Å². The van der Waals surface area contributed by atoms with Gasteiger partial charge in [0.1, 0.15) is 11.9 Å². The third-order valence-corrected chi connectivity index (χ3v) is 4.77. The predicted molar refractivity (Wildman–Crippen MR) is 96.2 cm³/mol. The Morgan fingerprint density at radius 1 is 1.35 bits per heavy atom. The van der Waals surface area contributed by atoms with Crippen LogP contribution < -0.4 is 5.73 Å². The summed E-state index contributed by atoms with van der Waals surface area (Å²) in [7, 11) is 0. The van der Waals surface area contributed by atoms with Crippen molar-refractivity contribution in [3.63, 3.8) is 0 Å². The highest BCUT2D eigenvalue weighted by atomic mass is 16.6. The Labute approximate surface area is 151 Å². The normalized spacial score (nSPS) is 18.8. The number of aromatic nitrogens is 2. The lowest BCUT2D eigenvalue weighted by Gasteiger charge is -2.24. The number of anilines is 1. The number of benzene rings is 1. The summed E-state index contributed by atoms with van der Waals surface area (Å²) in [5.41, 5.74) is 8.01. The van der Waals surface area contributed by atoms with Gasteiger partial charge in [-0.25, -0.2) is 9.78 Å². The Balaban J connectivity index is 1.93. The molecule has 2 aromatic rings. The number of esters is 1. The van der Waals surface area contributed by atoms with Gasteiger partial charge in [0.15, 0.2) is 5.69 Å². The number of carbonyl (C=O) groups is 2. The molecule has 0 spiro atoms. The lowest BCUT2D eigenvalue weighted by molar-refractivity contribution is 0.00596. The van der Waals surface area contributed by atoms with Crippen LogP contribution in [-0.2, 0) is 4.74 Å². The second-order valence-corrected chi connectivity index (χ2v) is 7.75. The molecule has 1 aromatic carbocycles. The molecule has 2 aliphatic rings. The highest BCUT2D eigenvalue weighted by Gasteiger charge is 2.41. The van der Waals surface area contributed by atoms with Crippen molar-refractivity contribution in [2.24, 2.45) is 0 Å². The quantitative estimate of drug-likeness (QED) is 0.628. The number of rotatable bonds is 1. The van der Waals surface area contributed by atoms with Crippen LogP contribution in [-0.4, -0.2) is 38.5 Å². The smallest absolute Gasteiger partial charge is 0.359 e. The summed E-state index contributed by atoms with van der Waals surface area (Å²) in [6, 6.07) is 5.14. The standard InChI is InChI=1S/C19H22N4O3/c1-19(2,3)26-18(25)15-16-13-8-5-9-22(13)17(24)14-11(20)6-4-7-12(14)23(16)10-21-15/h4,6-7,10,13H,5,8-9,20H2,1-3H3/t13-/m0/s1. The van der Waals surface area contributed by atoms with Gasteiger partial charge in [-0.1, -0.05) is 6.07 Å². The highest BCUT2D eigenvalue weighted by Crippen LogP contribution is 2.41. The third-order valence-electron chi connectivity index (χ3n) is 4.77. The molecule has 0 saturated carbocycles. The molecule has 3 heterocycles. The van der Waals surface area contributed by atoms with Crippen molar-refractivity contribution in [2.45, 2.75) is 45.3 Å². The molecule has 4 rings (SSSR count). The van der Waals surface area contributed by atoms with E-state index in [9.17, 15) is 9.59 Å². The van der Waals surface area contributed by atoms with Crippen molar-refractivity contribution < 1.29 is 14.3 Å². The van der Waals surface area contributed by atoms with Gasteiger partial charge in [0, 0.05) is 12.2 Å². The SMILES string of the molecule is CC(C)(C)OC(=O)c1ncn2c1[C@@H]1CCCN1C(=O)c1c(N)cccc1-2. The van der Waals surface area contributed by atoms with Gasteiger partial charge in [0.25, 0.3) is 5.91 Å². The number of ether oxygens (including phenoxy) is 1. The van der Waals surface area contributed by atoms with Crippen LogP contribution in [0.15, 0.2) is 24.5 Å². The first-order valence-electron chi connectivity index (χ1n) is 8.78. The van der Waals surface area contributed by atoms with Gasteiger partial charge >= 0.3 is 5.97 Å². The molecule has 0 aliphatic carbocycles. The van der Waals surface area contributed by atoms with E-state index in [0.29, 0.717) is 29.2 Å². The molecule has 7 heteroatoms. The number of fused-ring (bicyclic) bond motifs is 5. The minimum absolute atomic E-state index is 0.0977. The Kier molecular flexibility index (Phi) is 3.57. The van der Waals surface area contributed by atoms with E-state index in [2.05, 4.69) is 4.98 Å². The first-order valence-corrected chi connectivity index (χ1v) is 8.78. The number of nitrogens with zero attached hydrogens (tertiary/aromatic N) is 3.